The van der Waals surface area contributed by atoms with Gasteiger partial charge in [0, 0.05) is 29.9 Å². The number of pyridine rings is 1. The first-order valence-electron chi connectivity index (χ1n) is 13.1. The third kappa shape index (κ3) is 6.45. The molecular formula is C28H40N4O4. The van der Waals surface area contributed by atoms with E-state index in [1.165, 1.54) is 12.8 Å². The lowest BCUT2D eigenvalue weighted by molar-refractivity contribution is -0.00641. The van der Waals surface area contributed by atoms with Crippen LogP contribution in [-0.4, -0.2) is 49.6 Å². The van der Waals surface area contributed by atoms with Crippen LogP contribution in [0.5, 0.6) is 0 Å². The Labute approximate surface area is 214 Å². The van der Waals surface area contributed by atoms with Crippen LogP contribution in [0.15, 0.2) is 24.4 Å². The second-order valence-corrected chi connectivity index (χ2v) is 12.1. The van der Waals surface area contributed by atoms with Gasteiger partial charge in [-0.1, -0.05) is 13.0 Å². The Bertz CT molecular complexity index is 1070. The molecule has 4 rings (SSSR count). The second-order valence-electron chi connectivity index (χ2n) is 12.1. The fourth-order valence-corrected chi connectivity index (χ4v) is 4.46. The van der Waals surface area contributed by atoms with Gasteiger partial charge in [0.25, 0.3) is 0 Å². The number of nitrogens with zero attached hydrogens (tertiary/aromatic N) is 4. The molecule has 2 heterocycles. The van der Waals surface area contributed by atoms with E-state index in [0.29, 0.717) is 5.92 Å². The maximum absolute atomic E-state index is 12.8. The van der Waals surface area contributed by atoms with E-state index in [9.17, 15) is 9.59 Å². The van der Waals surface area contributed by atoms with Crippen LogP contribution >= 0.6 is 0 Å². The quantitative estimate of drug-likeness (QED) is 0.453. The Kier molecular flexibility index (Phi) is 7.17. The summed E-state index contributed by atoms with van der Waals surface area (Å²) in [6.07, 6.45) is 5.70. The first kappa shape index (κ1) is 26.2. The average molecular weight is 497 g/mol. The highest BCUT2D eigenvalue weighted by atomic mass is 16.6. The van der Waals surface area contributed by atoms with Crippen molar-refractivity contribution >= 4 is 12.2 Å². The Hall–Kier alpha value is -2.90. The molecule has 2 aromatic rings. The number of carbonyl (C=O) groups is 2. The van der Waals surface area contributed by atoms with Gasteiger partial charge in [0.05, 0.1) is 17.4 Å². The summed E-state index contributed by atoms with van der Waals surface area (Å²) < 4.78 is 13.1. The molecule has 0 spiro atoms. The van der Waals surface area contributed by atoms with Gasteiger partial charge in [0.1, 0.15) is 11.2 Å². The van der Waals surface area contributed by atoms with E-state index in [2.05, 4.69) is 36.0 Å². The van der Waals surface area contributed by atoms with Crippen molar-refractivity contribution in [1.82, 2.24) is 19.7 Å². The summed E-state index contributed by atoms with van der Waals surface area (Å²) in [6, 6.07) is 6.42. The van der Waals surface area contributed by atoms with Gasteiger partial charge in [-0.3, -0.25) is 9.67 Å². The molecule has 36 heavy (non-hydrogen) atoms. The van der Waals surface area contributed by atoms with Crippen LogP contribution in [0.1, 0.15) is 97.5 Å². The molecule has 8 nitrogen and oxygen atoms in total. The van der Waals surface area contributed by atoms with Crippen molar-refractivity contribution in [3.63, 3.8) is 0 Å². The fraction of sp³-hybridized carbons (Fsp3) is 0.643. The molecule has 8 heteroatoms. The predicted octanol–water partition coefficient (Wildman–Crippen LogP) is 6.51. The van der Waals surface area contributed by atoms with Crippen LogP contribution in [0.3, 0.4) is 0 Å². The van der Waals surface area contributed by atoms with Gasteiger partial charge in [-0.15, -0.1) is 0 Å². The van der Waals surface area contributed by atoms with Crippen molar-refractivity contribution in [3.05, 3.63) is 35.8 Å². The first-order valence-corrected chi connectivity index (χ1v) is 13.1. The smallest absolute Gasteiger partial charge is 0.419 e. The molecule has 2 aliphatic rings. The van der Waals surface area contributed by atoms with Crippen LogP contribution in [0.4, 0.5) is 9.59 Å². The van der Waals surface area contributed by atoms with Gasteiger partial charge in [-0.25, -0.2) is 14.5 Å². The SMILES string of the molecule is CCc1cccc(-c2cn(C3CC(CN(C(=O)OC(C)(C)C)C(=O)OC(C)(C)C)C3)nc2C2CC2)n1. The molecule has 2 fully saturated rings. The minimum Gasteiger partial charge on any atom is -0.443 e. The molecule has 0 atom stereocenters. The van der Waals surface area contributed by atoms with Gasteiger partial charge < -0.3 is 9.47 Å². The van der Waals surface area contributed by atoms with E-state index in [0.717, 1.165) is 46.8 Å². The van der Waals surface area contributed by atoms with Gasteiger partial charge in [-0.2, -0.15) is 5.10 Å². The Morgan fingerprint density at radius 1 is 1.03 bits per heavy atom. The predicted molar refractivity (Wildman–Crippen MR) is 138 cm³/mol. The van der Waals surface area contributed by atoms with Crippen molar-refractivity contribution in [1.29, 1.82) is 0 Å². The Morgan fingerprint density at radius 2 is 1.64 bits per heavy atom. The zero-order valence-electron chi connectivity index (χ0n) is 22.7. The lowest BCUT2D eigenvalue weighted by Gasteiger charge is -2.38. The van der Waals surface area contributed by atoms with Crippen molar-refractivity contribution in [2.24, 2.45) is 5.92 Å². The van der Waals surface area contributed by atoms with Crippen molar-refractivity contribution in [2.45, 2.75) is 104 Å². The van der Waals surface area contributed by atoms with Crippen LogP contribution in [0, 0.1) is 5.92 Å². The lowest BCUT2D eigenvalue weighted by Crippen LogP contribution is -2.47. The molecule has 196 valence electrons. The van der Waals surface area contributed by atoms with Crippen molar-refractivity contribution < 1.29 is 19.1 Å². The van der Waals surface area contributed by atoms with E-state index in [1.807, 2.05) is 0 Å². The highest BCUT2D eigenvalue weighted by molar-refractivity contribution is 5.88. The van der Waals surface area contributed by atoms with Gasteiger partial charge >= 0.3 is 12.2 Å². The van der Waals surface area contributed by atoms with Crippen LogP contribution in [0.2, 0.25) is 0 Å². The second kappa shape index (κ2) is 9.87. The normalized spacial score (nSPS) is 20.0. The lowest BCUT2D eigenvalue weighted by atomic mass is 9.80. The molecule has 0 bridgehead atoms. The number of amides is 2. The molecule has 0 radical (unpaired) electrons. The molecule has 2 saturated carbocycles. The summed E-state index contributed by atoms with van der Waals surface area (Å²) in [7, 11) is 0. The summed E-state index contributed by atoms with van der Waals surface area (Å²) in [5, 5.41) is 4.99. The number of aromatic nitrogens is 3. The average Bonchev–Trinajstić information content (AvgIpc) is 3.49. The van der Waals surface area contributed by atoms with Gasteiger partial charge in [0.2, 0.25) is 0 Å². The maximum Gasteiger partial charge on any atom is 0.419 e. The highest BCUT2D eigenvalue weighted by Gasteiger charge is 2.39. The van der Waals surface area contributed by atoms with Gasteiger partial charge in [0.15, 0.2) is 0 Å². The number of imide groups is 1. The molecule has 2 aliphatic carbocycles. The molecule has 0 aromatic carbocycles. The first-order chi connectivity index (χ1) is 16.8. The summed E-state index contributed by atoms with van der Waals surface area (Å²) in [5.74, 6) is 0.674. The molecule has 0 saturated heterocycles. The van der Waals surface area contributed by atoms with E-state index in [1.54, 1.807) is 41.5 Å². The maximum atomic E-state index is 12.8. The number of aryl methyl sites for hydroxylation is 1. The summed E-state index contributed by atoms with van der Waals surface area (Å²) >= 11 is 0. The third-order valence-electron chi connectivity index (χ3n) is 6.42. The van der Waals surface area contributed by atoms with Crippen LogP contribution in [-0.2, 0) is 15.9 Å². The molecular weight excluding hydrogens is 456 g/mol. The largest absolute Gasteiger partial charge is 0.443 e. The number of rotatable bonds is 6. The fourth-order valence-electron chi connectivity index (χ4n) is 4.46. The number of hydrogen-bond acceptors (Lipinski definition) is 6. The van der Waals surface area contributed by atoms with Crippen LogP contribution < -0.4 is 0 Å². The number of carbonyl (C=O) groups excluding carboxylic acids is 2. The minimum absolute atomic E-state index is 0.161. The number of ether oxygens (including phenoxy) is 2. The van der Waals surface area contributed by atoms with E-state index in [4.69, 9.17) is 19.6 Å². The summed E-state index contributed by atoms with van der Waals surface area (Å²) in [6.45, 7) is 13.1. The van der Waals surface area contributed by atoms with E-state index in [-0.39, 0.29) is 18.5 Å². The zero-order valence-corrected chi connectivity index (χ0v) is 22.7. The van der Waals surface area contributed by atoms with E-state index < -0.39 is 23.4 Å². The Morgan fingerprint density at radius 3 is 2.17 bits per heavy atom. The van der Waals surface area contributed by atoms with Gasteiger partial charge in [-0.05, 0) is 91.7 Å². The topological polar surface area (TPSA) is 86.5 Å². The van der Waals surface area contributed by atoms with Crippen molar-refractivity contribution in [3.8, 4) is 11.3 Å². The van der Waals surface area contributed by atoms with Crippen LogP contribution in [0.25, 0.3) is 11.3 Å². The monoisotopic (exact) mass is 496 g/mol. The minimum atomic E-state index is -0.701. The van der Waals surface area contributed by atoms with Crippen molar-refractivity contribution in [2.75, 3.05) is 6.54 Å². The highest BCUT2D eigenvalue weighted by Crippen LogP contribution is 2.45. The number of hydrogen-bond donors (Lipinski definition) is 0. The molecule has 0 aliphatic heterocycles. The third-order valence-corrected chi connectivity index (χ3v) is 6.42. The van der Waals surface area contributed by atoms with E-state index >= 15 is 0 Å². The zero-order chi connectivity index (χ0) is 26.3. The molecule has 2 amide bonds. The standard InChI is InChI=1S/C28H40N4O4/c1-8-20-10-9-11-23(29-20)22-17-32(30-24(22)19-12-13-19)21-14-18(15-21)16-31(25(33)35-27(2,3)4)26(34)36-28(5,6)7/h9-11,17-19,21H,8,12-16H2,1-7H3. The summed E-state index contributed by atoms with van der Waals surface area (Å²) in [4.78, 5) is 31.6. The molecule has 2 aromatic heterocycles. The summed E-state index contributed by atoms with van der Waals surface area (Å²) in [5.41, 5.74) is 2.93. The molecule has 0 unspecified atom stereocenters. The Balaban J connectivity index is 1.46. The molecule has 0 N–H and O–H groups in total.